The molecule has 0 saturated carbocycles. The molecule has 1 aliphatic heterocycles. The summed E-state index contributed by atoms with van der Waals surface area (Å²) >= 11 is 0. The van der Waals surface area contributed by atoms with Crippen molar-refractivity contribution < 1.29 is 27.4 Å². The molecule has 1 N–H and O–H groups in total. The number of alkyl halides is 3. The Bertz CT molecular complexity index is 2060. The van der Waals surface area contributed by atoms with E-state index in [4.69, 9.17) is 14.1 Å². The summed E-state index contributed by atoms with van der Waals surface area (Å²) in [4.78, 5) is 6.94. The van der Waals surface area contributed by atoms with Gasteiger partial charge in [-0.15, -0.1) is 0 Å². The fraction of sp³-hybridized carbons (Fsp3) is 0.263. The normalized spacial score (nSPS) is 15.5. The third-order valence-electron chi connectivity index (χ3n) is 8.87. The highest BCUT2D eigenvalue weighted by Crippen LogP contribution is 2.38. The van der Waals surface area contributed by atoms with Crippen LogP contribution in [-0.4, -0.2) is 41.3 Å². The second-order valence-electron chi connectivity index (χ2n) is 12.0. The number of methoxy groups -OCH3 is 1. The number of nitrogens with zero attached hydrogens (tertiary/aromatic N) is 3. The number of aromatic nitrogens is 1. The molecule has 0 bridgehead atoms. The van der Waals surface area contributed by atoms with Gasteiger partial charge in [0.25, 0.3) is 0 Å². The molecule has 1 fully saturated rings. The minimum atomic E-state index is -4.51. The largest absolute Gasteiger partial charge is 0.496 e. The molecule has 240 valence electrons. The second-order valence-corrected chi connectivity index (χ2v) is 12.0. The summed E-state index contributed by atoms with van der Waals surface area (Å²) in [6.07, 6.45) is -0.935. The molecule has 4 aromatic carbocycles. The monoisotopic (exact) mass is 637 g/mol. The van der Waals surface area contributed by atoms with Gasteiger partial charge in [-0.05, 0) is 102 Å². The van der Waals surface area contributed by atoms with Crippen LogP contribution >= 0.6 is 0 Å². The Balaban J connectivity index is 1.35. The third kappa shape index (κ3) is 6.39. The molecule has 0 aliphatic carbocycles. The number of ether oxygens (including phenoxy) is 1. The van der Waals surface area contributed by atoms with E-state index in [2.05, 4.69) is 11.0 Å². The quantitative estimate of drug-likeness (QED) is 0.180. The Labute approximate surface area is 271 Å². The first-order chi connectivity index (χ1) is 22.5. The van der Waals surface area contributed by atoms with Crippen molar-refractivity contribution in [2.45, 2.75) is 46.0 Å². The van der Waals surface area contributed by atoms with Crippen LogP contribution in [0.15, 0.2) is 65.1 Å². The second kappa shape index (κ2) is 12.7. The average molecular weight is 638 g/mol. The van der Waals surface area contributed by atoms with Crippen LogP contribution < -0.4 is 4.74 Å². The van der Waals surface area contributed by atoms with Crippen LogP contribution in [0.5, 0.6) is 5.75 Å². The van der Waals surface area contributed by atoms with Crippen LogP contribution in [0.2, 0.25) is 0 Å². The Morgan fingerprint density at radius 2 is 1.70 bits per heavy atom. The molecule has 0 spiro atoms. The number of β-amino-alcohol motifs (C(OH)–C–C–N with tert-alkyl or cyclic N) is 1. The van der Waals surface area contributed by atoms with Crippen molar-refractivity contribution in [3.05, 3.63) is 105 Å². The Kier molecular flexibility index (Phi) is 8.66. The lowest BCUT2D eigenvalue weighted by molar-refractivity contribution is -0.137. The van der Waals surface area contributed by atoms with E-state index in [1.807, 2.05) is 62.4 Å². The van der Waals surface area contributed by atoms with Crippen molar-refractivity contribution >= 4 is 23.3 Å². The highest BCUT2D eigenvalue weighted by Gasteiger charge is 2.33. The van der Waals surface area contributed by atoms with Gasteiger partial charge in [0.2, 0.25) is 5.89 Å². The highest BCUT2D eigenvalue weighted by molar-refractivity contribution is 5.85. The van der Waals surface area contributed by atoms with Crippen LogP contribution in [0.25, 0.3) is 45.8 Å². The Hall–Kier alpha value is -4.91. The summed E-state index contributed by atoms with van der Waals surface area (Å²) in [7, 11) is 1.44. The zero-order valence-electron chi connectivity index (χ0n) is 26.6. The van der Waals surface area contributed by atoms with Crippen molar-refractivity contribution in [3.63, 3.8) is 0 Å². The van der Waals surface area contributed by atoms with Gasteiger partial charge in [0.1, 0.15) is 17.3 Å². The molecule has 1 aromatic heterocycles. The SMILES string of the molecule is COc1cc(/C=C/c2cccc(-c3cccc(-c4nc5cc(CN6CC[C@@H](O)C6)cc(C#N)c5o4)c3C)c2C)c(C(F)(F)F)cc1C. The Morgan fingerprint density at radius 1 is 1.00 bits per heavy atom. The van der Waals surface area contributed by atoms with E-state index in [0.29, 0.717) is 47.0 Å². The molecule has 0 unspecified atom stereocenters. The summed E-state index contributed by atoms with van der Waals surface area (Å²) in [6, 6.07) is 20.1. The number of hydrogen-bond acceptors (Lipinski definition) is 6. The van der Waals surface area contributed by atoms with Gasteiger partial charge in [-0.2, -0.15) is 18.4 Å². The van der Waals surface area contributed by atoms with Gasteiger partial charge in [0.05, 0.1) is 24.3 Å². The van der Waals surface area contributed by atoms with Crippen molar-refractivity contribution in [1.82, 2.24) is 9.88 Å². The maximum absolute atomic E-state index is 13.9. The molecule has 9 heteroatoms. The number of aliphatic hydroxyl groups is 1. The van der Waals surface area contributed by atoms with Crippen molar-refractivity contribution in [2.24, 2.45) is 0 Å². The van der Waals surface area contributed by atoms with Gasteiger partial charge in [0.15, 0.2) is 5.58 Å². The molecule has 2 heterocycles. The maximum atomic E-state index is 13.9. The fourth-order valence-corrected chi connectivity index (χ4v) is 6.37. The van der Waals surface area contributed by atoms with E-state index in [1.54, 1.807) is 13.0 Å². The first kappa shape index (κ1) is 32.0. The first-order valence-electron chi connectivity index (χ1n) is 15.3. The number of aliphatic hydroxyl groups excluding tert-OH is 1. The molecule has 1 aliphatic rings. The van der Waals surface area contributed by atoms with E-state index < -0.39 is 11.7 Å². The van der Waals surface area contributed by atoms with E-state index in [9.17, 15) is 23.5 Å². The van der Waals surface area contributed by atoms with Crippen molar-refractivity contribution in [3.8, 4) is 34.4 Å². The van der Waals surface area contributed by atoms with Crippen LogP contribution in [0.1, 0.15) is 50.9 Å². The summed E-state index contributed by atoms with van der Waals surface area (Å²) in [5.74, 6) is 0.783. The number of oxazole rings is 1. The number of hydrogen-bond donors (Lipinski definition) is 1. The summed E-state index contributed by atoms with van der Waals surface area (Å²) in [5, 5.41) is 19.8. The molecule has 1 saturated heterocycles. The van der Waals surface area contributed by atoms with Crippen LogP contribution in [0, 0.1) is 32.1 Å². The zero-order valence-corrected chi connectivity index (χ0v) is 26.6. The number of benzene rings is 4. The van der Waals surface area contributed by atoms with E-state index >= 15 is 0 Å². The topological polar surface area (TPSA) is 82.5 Å². The minimum absolute atomic E-state index is 0.0248. The number of halogens is 3. The van der Waals surface area contributed by atoms with Gasteiger partial charge in [-0.3, -0.25) is 4.90 Å². The smallest absolute Gasteiger partial charge is 0.416 e. The van der Waals surface area contributed by atoms with Gasteiger partial charge in [-0.1, -0.05) is 42.5 Å². The molecule has 5 aromatic rings. The molecular weight excluding hydrogens is 603 g/mol. The predicted octanol–water partition coefficient (Wildman–Crippen LogP) is 8.72. The number of nitriles is 1. The number of fused-ring (bicyclic) bond motifs is 1. The van der Waals surface area contributed by atoms with Crippen molar-refractivity contribution in [2.75, 3.05) is 20.2 Å². The summed E-state index contributed by atoms with van der Waals surface area (Å²) < 4.78 is 53.2. The standard InChI is InChI=1S/C38H34F3N3O3/c1-22-15-33(38(39,40)41)27(18-35(22)46-4)12-11-26-7-5-8-30(23(26)2)31-9-6-10-32(24(31)3)37-43-34-17-25(16-28(19-42)36(34)47-37)20-44-14-13-29(45)21-44/h5-12,15-18,29,45H,13-14,20-21H2,1-4H3/b12-11+/t29-/m1/s1. The molecule has 47 heavy (non-hydrogen) atoms. The number of rotatable bonds is 7. The molecule has 6 nitrogen and oxygen atoms in total. The van der Waals surface area contributed by atoms with Crippen LogP contribution in [0.3, 0.4) is 0 Å². The van der Waals surface area contributed by atoms with Crippen LogP contribution in [-0.2, 0) is 12.7 Å². The molecular formula is C38H34F3N3O3. The maximum Gasteiger partial charge on any atom is 0.416 e. The van der Waals surface area contributed by atoms with E-state index in [0.717, 1.165) is 58.0 Å². The molecule has 1 atom stereocenters. The highest BCUT2D eigenvalue weighted by atomic mass is 19.4. The minimum Gasteiger partial charge on any atom is -0.496 e. The summed E-state index contributed by atoms with van der Waals surface area (Å²) in [5.41, 5.74) is 7.28. The molecule has 0 radical (unpaired) electrons. The lowest BCUT2D eigenvalue weighted by Crippen LogP contribution is -2.21. The number of likely N-dealkylation sites (tertiary alicyclic amines) is 1. The zero-order chi connectivity index (χ0) is 33.5. The lowest BCUT2D eigenvalue weighted by Gasteiger charge is -2.15. The van der Waals surface area contributed by atoms with Gasteiger partial charge in [0, 0.05) is 25.2 Å². The predicted molar refractivity (Wildman–Crippen MR) is 177 cm³/mol. The number of aryl methyl sites for hydroxylation is 1. The van der Waals surface area contributed by atoms with E-state index in [1.165, 1.54) is 19.3 Å². The fourth-order valence-electron chi connectivity index (χ4n) is 6.37. The average Bonchev–Trinajstić information content (AvgIpc) is 3.65. The lowest BCUT2D eigenvalue weighted by atomic mass is 9.91. The molecule has 6 rings (SSSR count). The third-order valence-corrected chi connectivity index (χ3v) is 8.87. The van der Waals surface area contributed by atoms with Gasteiger partial charge < -0.3 is 14.3 Å². The van der Waals surface area contributed by atoms with Gasteiger partial charge >= 0.3 is 6.18 Å². The molecule has 0 amide bonds. The van der Waals surface area contributed by atoms with Crippen molar-refractivity contribution in [1.29, 1.82) is 5.26 Å². The summed E-state index contributed by atoms with van der Waals surface area (Å²) in [6.45, 7) is 7.52. The van der Waals surface area contributed by atoms with E-state index in [-0.39, 0.29) is 11.7 Å². The Morgan fingerprint density at radius 3 is 2.38 bits per heavy atom. The van der Waals surface area contributed by atoms with Gasteiger partial charge in [-0.25, -0.2) is 4.98 Å². The van der Waals surface area contributed by atoms with Crippen LogP contribution in [0.4, 0.5) is 13.2 Å². The first-order valence-corrected chi connectivity index (χ1v) is 15.3.